The summed E-state index contributed by atoms with van der Waals surface area (Å²) in [7, 11) is -3.32. The van der Waals surface area contributed by atoms with Crippen LogP contribution in [-0.2, 0) is 10.0 Å². The topological polar surface area (TPSA) is 55.4 Å². The largest absolute Gasteiger partial charge is 0.490 e. The first kappa shape index (κ1) is 17.2. The van der Waals surface area contributed by atoms with E-state index in [9.17, 15) is 12.8 Å². The molecule has 0 bridgehead atoms. The Morgan fingerprint density at radius 1 is 1.39 bits per heavy atom. The third kappa shape index (κ3) is 6.80. The smallest absolute Gasteiger partial charge is 0.229 e. The van der Waals surface area contributed by atoms with E-state index in [1.54, 1.807) is 12.1 Å². The van der Waals surface area contributed by atoms with Crippen molar-refractivity contribution in [3.63, 3.8) is 0 Å². The van der Waals surface area contributed by atoms with Gasteiger partial charge in [-0.1, -0.05) is 13.8 Å². The van der Waals surface area contributed by atoms with E-state index in [2.05, 4.69) is 20.7 Å². The highest BCUT2D eigenvalue weighted by atomic mass is 79.9. The molecule has 0 aliphatic heterocycles. The molecule has 1 aromatic rings. The number of benzene rings is 1. The van der Waals surface area contributed by atoms with Crippen LogP contribution in [0.3, 0.4) is 0 Å². The fraction of sp³-hybridized carbons (Fsp3) is 0.455. The first-order valence-electron chi connectivity index (χ1n) is 5.38. The maximum Gasteiger partial charge on any atom is 0.229 e. The molecule has 0 saturated heterocycles. The quantitative estimate of drug-likeness (QED) is 0.894. The molecule has 0 aliphatic carbocycles. The SMILES string of the molecule is CC.CS(=O)(=O)Nc1ccc(Br)c(OCCF)c1. The number of rotatable bonds is 5. The van der Waals surface area contributed by atoms with Gasteiger partial charge in [0.2, 0.25) is 10.0 Å². The van der Waals surface area contributed by atoms with Crippen molar-refractivity contribution in [1.29, 1.82) is 0 Å². The lowest BCUT2D eigenvalue weighted by atomic mass is 10.3. The van der Waals surface area contributed by atoms with Crippen molar-refractivity contribution in [3.05, 3.63) is 22.7 Å². The minimum absolute atomic E-state index is 0.0685. The molecule has 1 rings (SSSR count). The fourth-order valence-corrected chi connectivity index (χ4v) is 1.96. The van der Waals surface area contributed by atoms with Crippen LogP contribution in [0, 0.1) is 0 Å². The number of nitrogens with one attached hydrogen (secondary N) is 1. The fourth-order valence-electron chi connectivity index (χ4n) is 1.04. The molecule has 0 radical (unpaired) electrons. The van der Waals surface area contributed by atoms with Crippen LogP contribution in [0.15, 0.2) is 22.7 Å². The van der Waals surface area contributed by atoms with Gasteiger partial charge in [0, 0.05) is 6.07 Å². The van der Waals surface area contributed by atoms with Crippen molar-refractivity contribution in [1.82, 2.24) is 0 Å². The van der Waals surface area contributed by atoms with Gasteiger partial charge >= 0.3 is 0 Å². The van der Waals surface area contributed by atoms with Crippen molar-refractivity contribution in [2.75, 3.05) is 24.3 Å². The summed E-state index contributed by atoms with van der Waals surface area (Å²) in [6, 6.07) is 4.69. The molecule has 7 heteroatoms. The average molecular weight is 342 g/mol. The summed E-state index contributed by atoms with van der Waals surface area (Å²) in [5.41, 5.74) is 0.375. The van der Waals surface area contributed by atoms with Crippen LogP contribution < -0.4 is 9.46 Å². The molecule has 0 aliphatic rings. The molecule has 18 heavy (non-hydrogen) atoms. The Morgan fingerprint density at radius 2 is 2.00 bits per heavy atom. The van der Waals surface area contributed by atoms with Gasteiger partial charge in [-0.05, 0) is 28.1 Å². The van der Waals surface area contributed by atoms with E-state index in [0.29, 0.717) is 15.9 Å². The molecular weight excluding hydrogens is 325 g/mol. The zero-order valence-corrected chi connectivity index (χ0v) is 12.9. The molecule has 0 spiro atoms. The summed E-state index contributed by atoms with van der Waals surface area (Å²) in [5.74, 6) is 0.395. The second kappa shape index (κ2) is 8.31. The van der Waals surface area contributed by atoms with Gasteiger partial charge in [-0.15, -0.1) is 0 Å². The molecule has 1 aromatic carbocycles. The van der Waals surface area contributed by atoms with Crippen molar-refractivity contribution in [3.8, 4) is 5.75 Å². The highest BCUT2D eigenvalue weighted by Gasteiger charge is 2.06. The van der Waals surface area contributed by atoms with E-state index >= 15 is 0 Å². The molecule has 0 unspecified atom stereocenters. The summed E-state index contributed by atoms with van der Waals surface area (Å²) in [6.45, 7) is 3.33. The van der Waals surface area contributed by atoms with E-state index in [0.717, 1.165) is 6.26 Å². The van der Waals surface area contributed by atoms with Crippen molar-refractivity contribution in [2.45, 2.75) is 13.8 Å². The Hall–Kier alpha value is -0.820. The van der Waals surface area contributed by atoms with Gasteiger partial charge in [-0.3, -0.25) is 4.72 Å². The third-order valence-electron chi connectivity index (χ3n) is 1.57. The van der Waals surface area contributed by atoms with E-state index in [4.69, 9.17) is 4.74 Å². The predicted octanol–water partition coefficient (Wildman–Crippen LogP) is 3.20. The normalized spacial score (nSPS) is 10.3. The van der Waals surface area contributed by atoms with Crippen LogP contribution in [0.4, 0.5) is 10.1 Å². The van der Waals surface area contributed by atoms with Crippen LogP contribution >= 0.6 is 15.9 Å². The minimum Gasteiger partial charge on any atom is -0.490 e. The van der Waals surface area contributed by atoms with Gasteiger partial charge < -0.3 is 4.74 Å². The number of alkyl halides is 1. The highest BCUT2D eigenvalue weighted by molar-refractivity contribution is 9.10. The highest BCUT2D eigenvalue weighted by Crippen LogP contribution is 2.28. The zero-order valence-electron chi connectivity index (χ0n) is 10.5. The van der Waals surface area contributed by atoms with Crippen LogP contribution in [0.1, 0.15) is 13.8 Å². The third-order valence-corrected chi connectivity index (χ3v) is 2.83. The monoisotopic (exact) mass is 341 g/mol. The van der Waals surface area contributed by atoms with E-state index in [1.807, 2.05) is 13.8 Å². The van der Waals surface area contributed by atoms with Crippen molar-refractivity contribution < 1.29 is 17.5 Å². The number of hydrogen-bond donors (Lipinski definition) is 1. The van der Waals surface area contributed by atoms with Crippen molar-refractivity contribution in [2.24, 2.45) is 0 Å². The van der Waals surface area contributed by atoms with E-state index in [1.165, 1.54) is 6.07 Å². The molecule has 104 valence electrons. The average Bonchev–Trinajstić information content (AvgIpc) is 2.30. The lowest BCUT2D eigenvalue weighted by Crippen LogP contribution is -2.09. The van der Waals surface area contributed by atoms with Gasteiger partial charge in [0.25, 0.3) is 0 Å². The van der Waals surface area contributed by atoms with Gasteiger partial charge in [0.1, 0.15) is 19.0 Å². The predicted molar refractivity (Wildman–Crippen MR) is 75.4 cm³/mol. The maximum atomic E-state index is 11.9. The molecule has 0 amide bonds. The standard InChI is InChI=1S/C9H11BrFNO3S.C2H6/c1-16(13,14)12-7-2-3-8(10)9(6-7)15-5-4-11;1-2/h2-3,6,12H,4-5H2,1H3;1-2H3. The molecule has 4 nitrogen and oxygen atoms in total. The molecule has 0 heterocycles. The van der Waals surface area contributed by atoms with Gasteiger partial charge in [0.15, 0.2) is 0 Å². The zero-order chi connectivity index (χ0) is 14.2. The first-order valence-corrected chi connectivity index (χ1v) is 8.07. The van der Waals surface area contributed by atoms with Gasteiger partial charge in [0.05, 0.1) is 16.4 Å². The lowest BCUT2D eigenvalue weighted by molar-refractivity contribution is 0.272. The second-order valence-corrected chi connectivity index (χ2v) is 5.66. The van der Waals surface area contributed by atoms with Crippen molar-refractivity contribution >= 4 is 31.6 Å². The maximum absolute atomic E-state index is 11.9. The molecular formula is C11H17BrFNO3S. The number of anilines is 1. The summed E-state index contributed by atoms with van der Waals surface area (Å²) in [6.07, 6.45) is 1.05. The molecule has 1 N–H and O–H groups in total. The summed E-state index contributed by atoms with van der Waals surface area (Å²) in [5, 5.41) is 0. The minimum atomic E-state index is -3.32. The Balaban J connectivity index is 0.00000137. The second-order valence-electron chi connectivity index (χ2n) is 3.06. The number of ether oxygens (including phenoxy) is 1. The van der Waals surface area contributed by atoms with Crippen LogP contribution in [-0.4, -0.2) is 28.0 Å². The Bertz CT molecular complexity index is 465. The number of hydrogen-bond acceptors (Lipinski definition) is 3. The van der Waals surface area contributed by atoms with Crippen LogP contribution in [0.25, 0.3) is 0 Å². The first-order chi connectivity index (χ1) is 8.42. The summed E-state index contributed by atoms with van der Waals surface area (Å²) < 4.78 is 41.9. The number of halogens is 2. The molecule has 0 fully saturated rings. The Labute approximate surface area is 116 Å². The summed E-state index contributed by atoms with van der Waals surface area (Å²) in [4.78, 5) is 0. The number of sulfonamides is 1. The lowest BCUT2D eigenvalue weighted by Gasteiger charge is -2.09. The molecule has 0 aromatic heterocycles. The Morgan fingerprint density at radius 3 is 2.50 bits per heavy atom. The summed E-state index contributed by atoms with van der Waals surface area (Å²) >= 11 is 3.22. The van der Waals surface area contributed by atoms with Crippen LogP contribution in [0.2, 0.25) is 0 Å². The van der Waals surface area contributed by atoms with Gasteiger partial charge in [-0.2, -0.15) is 0 Å². The van der Waals surface area contributed by atoms with Gasteiger partial charge in [-0.25, -0.2) is 12.8 Å². The van der Waals surface area contributed by atoms with Crippen LogP contribution in [0.5, 0.6) is 5.75 Å². The molecule has 0 atom stereocenters. The van der Waals surface area contributed by atoms with E-state index in [-0.39, 0.29) is 6.61 Å². The molecule has 0 saturated carbocycles. The Kier molecular flexibility index (Phi) is 7.93. The van der Waals surface area contributed by atoms with E-state index < -0.39 is 16.7 Å².